The van der Waals surface area contributed by atoms with Crippen molar-refractivity contribution >= 4 is 0 Å². The highest BCUT2D eigenvalue weighted by atomic mass is 15.2. The lowest BCUT2D eigenvalue weighted by Gasteiger charge is -2.40. The number of nitrogens with one attached hydrogen (secondary N) is 1. The van der Waals surface area contributed by atoms with E-state index in [1.54, 1.807) is 0 Å². The summed E-state index contributed by atoms with van der Waals surface area (Å²) in [7, 11) is 0. The van der Waals surface area contributed by atoms with Crippen LogP contribution >= 0.6 is 0 Å². The summed E-state index contributed by atoms with van der Waals surface area (Å²) in [5.41, 5.74) is 0.546. The minimum atomic E-state index is 0.546. The standard InChI is InChI=1S/C16H30N2/c1-12-8-14(10-16(2,3)9-12)17-13-6-7-18(11-13)15-4-5-15/h12-15,17H,4-11H2,1-3H3. The molecule has 3 rings (SSSR count). The van der Waals surface area contributed by atoms with Crippen molar-refractivity contribution in [2.45, 2.75) is 77.4 Å². The predicted octanol–water partition coefficient (Wildman–Crippen LogP) is 3.03. The molecule has 0 aromatic carbocycles. The molecule has 0 bridgehead atoms. The summed E-state index contributed by atoms with van der Waals surface area (Å²) in [5.74, 6) is 0.896. The van der Waals surface area contributed by atoms with Crippen LogP contribution in [-0.2, 0) is 0 Å². The Morgan fingerprint density at radius 1 is 1.06 bits per heavy atom. The summed E-state index contributed by atoms with van der Waals surface area (Å²) in [6.07, 6.45) is 8.47. The van der Waals surface area contributed by atoms with Gasteiger partial charge in [0.25, 0.3) is 0 Å². The fourth-order valence-corrected chi connectivity index (χ4v) is 4.50. The van der Waals surface area contributed by atoms with E-state index < -0.39 is 0 Å². The molecule has 0 aromatic rings. The average Bonchev–Trinajstić information content (AvgIpc) is 2.97. The van der Waals surface area contributed by atoms with E-state index in [-0.39, 0.29) is 0 Å². The van der Waals surface area contributed by atoms with Crippen LogP contribution in [0.25, 0.3) is 0 Å². The van der Waals surface area contributed by atoms with Crippen LogP contribution in [0.3, 0.4) is 0 Å². The monoisotopic (exact) mass is 250 g/mol. The average molecular weight is 250 g/mol. The van der Waals surface area contributed by atoms with Crippen LogP contribution in [-0.4, -0.2) is 36.1 Å². The maximum Gasteiger partial charge on any atom is 0.0209 e. The lowest BCUT2D eigenvalue weighted by atomic mass is 9.70. The van der Waals surface area contributed by atoms with E-state index >= 15 is 0 Å². The zero-order valence-electron chi connectivity index (χ0n) is 12.4. The normalized spacial score (nSPS) is 41.2. The first kappa shape index (κ1) is 12.9. The van der Waals surface area contributed by atoms with E-state index in [1.807, 2.05) is 0 Å². The molecule has 3 atom stereocenters. The van der Waals surface area contributed by atoms with Crippen LogP contribution < -0.4 is 5.32 Å². The van der Waals surface area contributed by atoms with Gasteiger partial charge in [0.2, 0.25) is 0 Å². The number of likely N-dealkylation sites (tertiary alicyclic amines) is 1. The molecular formula is C16H30N2. The smallest absolute Gasteiger partial charge is 0.0209 e. The van der Waals surface area contributed by atoms with E-state index in [1.165, 1.54) is 51.6 Å². The second-order valence-electron chi connectivity index (χ2n) is 7.99. The van der Waals surface area contributed by atoms with Gasteiger partial charge in [-0.25, -0.2) is 0 Å². The zero-order valence-corrected chi connectivity index (χ0v) is 12.4. The molecule has 0 amide bonds. The molecule has 1 saturated heterocycles. The third-order valence-electron chi connectivity index (χ3n) is 5.14. The second kappa shape index (κ2) is 4.79. The van der Waals surface area contributed by atoms with Gasteiger partial charge < -0.3 is 5.32 Å². The van der Waals surface area contributed by atoms with E-state index in [2.05, 4.69) is 31.0 Å². The van der Waals surface area contributed by atoms with E-state index in [0.29, 0.717) is 5.41 Å². The van der Waals surface area contributed by atoms with Gasteiger partial charge in [-0.2, -0.15) is 0 Å². The van der Waals surface area contributed by atoms with Gasteiger partial charge in [-0.1, -0.05) is 20.8 Å². The summed E-state index contributed by atoms with van der Waals surface area (Å²) in [4.78, 5) is 2.72. The SMILES string of the molecule is CC1CC(NC2CCN(C3CC3)C2)CC(C)(C)C1. The summed E-state index contributed by atoms with van der Waals surface area (Å²) >= 11 is 0. The zero-order chi connectivity index (χ0) is 12.8. The summed E-state index contributed by atoms with van der Waals surface area (Å²) in [5, 5.41) is 3.97. The molecule has 3 unspecified atom stereocenters. The molecule has 0 aromatic heterocycles. The number of nitrogens with zero attached hydrogens (tertiary/aromatic N) is 1. The molecule has 2 nitrogen and oxygen atoms in total. The maximum absolute atomic E-state index is 3.97. The third-order valence-corrected chi connectivity index (χ3v) is 5.14. The molecule has 3 aliphatic rings. The number of hydrogen-bond donors (Lipinski definition) is 1. The van der Waals surface area contributed by atoms with Crippen LogP contribution in [0, 0.1) is 11.3 Å². The van der Waals surface area contributed by atoms with Crippen molar-refractivity contribution in [3.8, 4) is 0 Å². The molecule has 3 fully saturated rings. The van der Waals surface area contributed by atoms with Crippen LogP contribution in [0.2, 0.25) is 0 Å². The number of rotatable bonds is 3. The van der Waals surface area contributed by atoms with Crippen molar-refractivity contribution in [1.82, 2.24) is 10.2 Å². The minimum Gasteiger partial charge on any atom is -0.310 e. The Hall–Kier alpha value is -0.0800. The first-order valence-corrected chi connectivity index (χ1v) is 8.02. The van der Waals surface area contributed by atoms with Crippen molar-refractivity contribution in [2.75, 3.05) is 13.1 Å². The highest BCUT2D eigenvalue weighted by molar-refractivity contribution is 4.94. The van der Waals surface area contributed by atoms with Crippen molar-refractivity contribution in [3.63, 3.8) is 0 Å². The van der Waals surface area contributed by atoms with E-state index in [9.17, 15) is 0 Å². The van der Waals surface area contributed by atoms with Crippen molar-refractivity contribution < 1.29 is 0 Å². The number of hydrogen-bond acceptors (Lipinski definition) is 2. The summed E-state index contributed by atoms with van der Waals surface area (Å²) in [6, 6.07) is 2.50. The molecule has 2 saturated carbocycles. The lowest BCUT2D eigenvalue weighted by Crippen LogP contribution is -2.45. The third kappa shape index (κ3) is 3.08. The predicted molar refractivity (Wildman–Crippen MR) is 76.7 cm³/mol. The molecule has 2 aliphatic carbocycles. The fourth-order valence-electron chi connectivity index (χ4n) is 4.50. The van der Waals surface area contributed by atoms with Crippen LogP contribution in [0.15, 0.2) is 0 Å². The molecule has 1 aliphatic heterocycles. The largest absolute Gasteiger partial charge is 0.310 e. The molecule has 2 heteroatoms. The van der Waals surface area contributed by atoms with E-state index in [4.69, 9.17) is 0 Å². The second-order valence-corrected chi connectivity index (χ2v) is 7.99. The Kier molecular flexibility index (Phi) is 3.44. The van der Waals surface area contributed by atoms with Gasteiger partial charge in [-0.3, -0.25) is 4.90 Å². The molecule has 0 radical (unpaired) electrons. The van der Waals surface area contributed by atoms with Gasteiger partial charge >= 0.3 is 0 Å². The Balaban J connectivity index is 1.50. The van der Waals surface area contributed by atoms with Gasteiger partial charge in [0, 0.05) is 31.2 Å². The topological polar surface area (TPSA) is 15.3 Å². The first-order valence-electron chi connectivity index (χ1n) is 8.02. The van der Waals surface area contributed by atoms with Crippen LogP contribution in [0.4, 0.5) is 0 Å². The van der Waals surface area contributed by atoms with Gasteiger partial charge in [-0.15, -0.1) is 0 Å². The highest BCUT2D eigenvalue weighted by Crippen LogP contribution is 2.39. The lowest BCUT2D eigenvalue weighted by molar-refractivity contribution is 0.144. The maximum atomic E-state index is 3.97. The van der Waals surface area contributed by atoms with Gasteiger partial charge in [-0.05, 0) is 49.9 Å². The Bertz CT molecular complexity index is 295. The minimum absolute atomic E-state index is 0.546. The highest BCUT2D eigenvalue weighted by Gasteiger charge is 2.37. The van der Waals surface area contributed by atoms with Crippen LogP contribution in [0.1, 0.15) is 59.3 Å². The van der Waals surface area contributed by atoms with Crippen molar-refractivity contribution in [3.05, 3.63) is 0 Å². The Morgan fingerprint density at radius 3 is 2.50 bits per heavy atom. The molecule has 18 heavy (non-hydrogen) atoms. The quantitative estimate of drug-likeness (QED) is 0.828. The Morgan fingerprint density at radius 2 is 1.83 bits per heavy atom. The molecule has 0 spiro atoms. The summed E-state index contributed by atoms with van der Waals surface area (Å²) < 4.78 is 0. The van der Waals surface area contributed by atoms with Gasteiger partial charge in [0.05, 0.1) is 0 Å². The molecular weight excluding hydrogens is 220 g/mol. The van der Waals surface area contributed by atoms with Crippen molar-refractivity contribution in [2.24, 2.45) is 11.3 Å². The molecule has 104 valence electrons. The molecule has 1 heterocycles. The fraction of sp³-hybridized carbons (Fsp3) is 1.00. The van der Waals surface area contributed by atoms with E-state index in [0.717, 1.165) is 24.0 Å². The molecule has 1 N–H and O–H groups in total. The van der Waals surface area contributed by atoms with Crippen LogP contribution in [0.5, 0.6) is 0 Å². The summed E-state index contributed by atoms with van der Waals surface area (Å²) in [6.45, 7) is 9.98. The van der Waals surface area contributed by atoms with Gasteiger partial charge in [0.1, 0.15) is 0 Å². The Labute approximate surface area is 113 Å². The first-order chi connectivity index (χ1) is 8.52. The van der Waals surface area contributed by atoms with Gasteiger partial charge in [0.15, 0.2) is 0 Å². The van der Waals surface area contributed by atoms with Crippen molar-refractivity contribution in [1.29, 1.82) is 0 Å².